The van der Waals surface area contributed by atoms with E-state index in [2.05, 4.69) is 21.9 Å². The number of piperidine rings is 1. The Morgan fingerprint density at radius 1 is 1.50 bits per heavy atom. The van der Waals surface area contributed by atoms with Gasteiger partial charge in [0.05, 0.1) is 11.1 Å². The second-order valence-corrected chi connectivity index (χ2v) is 7.54. The Kier molecular flexibility index (Phi) is 4.05. The topological polar surface area (TPSA) is 66.8 Å². The van der Waals surface area contributed by atoms with Crippen LogP contribution in [0.2, 0.25) is 0 Å². The summed E-state index contributed by atoms with van der Waals surface area (Å²) in [5.74, 6) is 2.44. The second-order valence-electron chi connectivity index (χ2n) is 6.53. The molecule has 1 saturated heterocycles. The lowest BCUT2D eigenvalue weighted by atomic mass is 9.97. The van der Waals surface area contributed by atoms with E-state index in [1.807, 2.05) is 19.1 Å². The van der Waals surface area contributed by atoms with Crippen LogP contribution in [-0.2, 0) is 6.42 Å². The molecule has 4 rings (SSSR count). The third kappa shape index (κ3) is 2.61. The highest BCUT2D eigenvalue weighted by Gasteiger charge is 2.33. The molecule has 1 aliphatic rings. The molecule has 6 nitrogen and oxygen atoms in total. The summed E-state index contributed by atoms with van der Waals surface area (Å²) in [5.41, 5.74) is 0. The molecule has 24 heavy (non-hydrogen) atoms. The number of rotatable bonds is 4. The average molecular weight is 346 g/mol. The smallest absolute Gasteiger partial charge is 0.230 e. The van der Waals surface area contributed by atoms with E-state index in [4.69, 9.17) is 4.42 Å². The fourth-order valence-corrected chi connectivity index (χ4v) is 4.62. The molecule has 1 N–H and O–H groups in total. The van der Waals surface area contributed by atoms with E-state index in [-0.39, 0.29) is 11.9 Å². The van der Waals surface area contributed by atoms with Crippen molar-refractivity contribution in [2.45, 2.75) is 39.2 Å². The monoisotopic (exact) mass is 346 g/mol. The highest BCUT2D eigenvalue weighted by Crippen LogP contribution is 2.41. The summed E-state index contributed by atoms with van der Waals surface area (Å²) in [7, 11) is 0. The first kappa shape index (κ1) is 15.7. The van der Waals surface area contributed by atoms with E-state index >= 15 is 0 Å². The molecule has 0 spiro atoms. The molecule has 2 atom stereocenters. The van der Waals surface area contributed by atoms with Crippen molar-refractivity contribution in [3.8, 4) is 5.88 Å². The zero-order valence-electron chi connectivity index (χ0n) is 14.0. The van der Waals surface area contributed by atoms with Crippen LogP contribution >= 0.6 is 11.3 Å². The van der Waals surface area contributed by atoms with E-state index in [0.29, 0.717) is 5.92 Å². The number of fused-ring (bicyclic) bond motifs is 1. The molecule has 1 aliphatic heterocycles. The molecule has 0 aromatic carbocycles. The quantitative estimate of drug-likeness (QED) is 0.783. The largest absolute Gasteiger partial charge is 0.492 e. The summed E-state index contributed by atoms with van der Waals surface area (Å²) in [6, 6.07) is 3.80. The minimum absolute atomic E-state index is 0.0821. The second kappa shape index (κ2) is 6.22. The molecule has 0 saturated carbocycles. The minimum atomic E-state index is -0.0821. The Labute approximate surface area is 144 Å². The molecule has 7 heteroatoms. The zero-order chi connectivity index (χ0) is 16.7. The molecule has 0 amide bonds. The van der Waals surface area contributed by atoms with Gasteiger partial charge in [-0.1, -0.05) is 25.2 Å². The molecule has 1 fully saturated rings. The lowest BCUT2D eigenvalue weighted by molar-refractivity contribution is 0.136. The van der Waals surface area contributed by atoms with Crippen molar-refractivity contribution in [1.29, 1.82) is 0 Å². The molecule has 0 bridgehead atoms. The van der Waals surface area contributed by atoms with Crippen molar-refractivity contribution in [1.82, 2.24) is 19.5 Å². The van der Waals surface area contributed by atoms with Crippen LogP contribution in [0, 0.1) is 5.92 Å². The van der Waals surface area contributed by atoms with Crippen LogP contribution in [0.5, 0.6) is 5.88 Å². The summed E-state index contributed by atoms with van der Waals surface area (Å²) in [6.07, 6.45) is 4.87. The third-order valence-corrected chi connectivity index (χ3v) is 5.75. The number of hydrogen-bond acceptors (Lipinski definition) is 6. The Morgan fingerprint density at radius 3 is 3.04 bits per heavy atom. The van der Waals surface area contributed by atoms with Crippen molar-refractivity contribution in [2.24, 2.45) is 5.92 Å². The van der Waals surface area contributed by atoms with Gasteiger partial charge in [0.25, 0.3) is 0 Å². The van der Waals surface area contributed by atoms with Gasteiger partial charge in [-0.15, -0.1) is 5.10 Å². The fraction of sp³-hybridized carbons (Fsp3) is 0.529. The summed E-state index contributed by atoms with van der Waals surface area (Å²) in [6.45, 7) is 6.29. The summed E-state index contributed by atoms with van der Waals surface area (Å²) < 4.78 is 7.27. The summed E-state index contributed by atoms with van der Waals surface area (Å²) in [4.78, 5) is 8.49. The number of likely N-dealkylation sites (tertiary alicyclic amines) is 1. The molecular formula is C17H22N4O2S. The summed E-state index contributed by atoms with van der Waals surface area (Å²) >= 11 is 1.50. The van der Waals surface area contributed by atoms with Gasteiger partial charge < -0.3 is 9.52 Å². The molecule has 3 aromatic rings. The van der Waals surface area contributed by atoms with Gasteiger partial charge in [-0.25, -0.2) is 4.98 Å². The van der Waals surface area contributed by atoms with Crippen molar-refractivity contribution in [3.63, 3.8) is 0 Å². The fourth-order valence-electron chi connectivity index (χ4n) is 3.50. The Morgan fingerprint density at radius 2 is 2.38 bits per heavy atom. The van der Waals surface area contributed by atoms with Crippen LogP contribution in [0.3, 0.4) is 0 Å². The number of aromatic hydroxyl groups is 1. The lowest BCUT2D eigenvalue weighted by Crippen LogP contribution is -2.37. The number of aromatic nitrogens is 3. The maximum Gasteiger partial charge on any atom is 0.230 e. The predicted octanol–water partition coefficient (Wildman–Crippen LogP) is 3.47. The van der Waals surface area contributed by atoms with Gasteiger partial charge in [0, 0.05) is 13.0 Å². The third-order valence-electron chi connectivity index (χ3n) is 4.67. The highest BCUT2D eigenvalue weighted by atomic mass is 32.1. The maximum atomic E-state index is 10.8. The van der Waals surface area contributed by atoms with Crippen LogP contribution in [0.4, 0.5) is 0 Å². The van der Waals surface area contributed by atoms with E-state index in [0.717, 1.165) is 40.9 Å². The van der Waals surface area contributed by atoms with Gasteiger partial charge in [0.2, 0.25) is 10.8 Å². The average Bonchev–Trinajstić information content (AvgIpc) is 3.28. The van der Waals surface area contributed by atoms with Gasteiger partial charge in [-0.2, -0.15) is 4.52 Å². The van der Waals surface area contributed by atoms with Crippen LogP contribution in [0.15, 0.2) is 22.8 Å². The first-order valence-electron chi connectivity index (χ1n) is 8.52. The standard InChI is InChI=1S/C17H22N4O2S/c1-3-13-18-17-21(19-13)16(22)15(24-17)14(12-7-5-9-23-12)20-8-4-6-11(2)10-20/h5,7,9,11,14,22H,3-4,6,8,10H2,1-2H3. The van der Waals surface area contributed by atoms with Crippen LogP contribution < -0.4 is 0 Å². The first-order valence-corrected chi connectivity index (χ1v) is 9.33. The molecular weight excluding hydrogens is 324 g/mol. The normalized spacial score (nSPS) is 20.7. The number of aryl methyl sites for hydroxylation is 1. The van der Waals surface area contributed by atoms with Crippen LogP contribution in [-0.4, -0.2) is 37.7 Å². The zero-order valence-corrected chi connectivity index (χ0v) is 14.8. The van der Waals surface area contributed by atoms with E-state index in [1.54, 1.807) is 10.8 Å². The minimum Gasteiger partial charge on any atom is -0.492 e. The van der Waals surface area contributed by atoms with E-state index in [9.17, 15) is 5.11 Å². The number of hydrogen-bond donors (Lipinski definition) is 1. The Hall–Kier alpha value is -1.86. The van der Waals surface area contributed by atoms with Gasteiger partial charge in [-0.05, 0) is 37.4 Å². The maximum absolute atomic E-state index is 10.8. The summed E-state index contributed by atoms with van der Waals surface area (Å²) in [5, 5.41) is 15.2. The predicted molar refractivity (Wildman–Crippen MR) is 92.4 cm³/mol. The first-order chi connectivity index (χ1) is 11.7. The van der Waals surface area contributed by atoms with Crippen molar-refractivity contribution in [3.05, 3.63) is 34.9 Å². The van der Waals surface area contributed by atoms with Gasteiger partial charge in [0.15, 0.2) is 5.82 Å². The molecule has 0 radical (unpaired) electrons. The van der Waals surface area contributed by atoms with Crippen LogP contribution in [0.25, 0.3) is 4.96 Å². The number of furan rings is 1. The molecule has 0 aliphatic carbocycles. The van der Waals surface area contributed by atoms with Crippen molar-refractivity contribution >= 4 is 16.3 Å². The number of nitrogens with zero attached hydrogens (tertiary/aromatic N) is 4. The molecule has 2 unspecified atom stereocenters. The Bertz CT molecular complexity index is 823. The molecule has 3 aromatic heterocycles. The SMILES string of the molecule is CCc1nc2sc(C(c3ccco3)N3CCCC(C)C3)c(O)n2n1. The molecule has 128 valence electrons. The Balaban J connectivity index is 1.78. The van der Waals surface area contributed by atoms with Crippen LogP contribution in [0.1, 0.15) is 49.2 Å². The van der Waals surface area contributed by atoms with Gasteiger partial charge in [-0.3, -0.25) is 4.90 Å². The number of thiazole rings is 1. The lowest BCUT2D eigenvalue weighted by Gasteiger charge is -2.35. The van der Waals surface area contributed by atoms with E-state index < -0.39 is 0 Å². The van der Waals surface area contributed by atoms with Crippen molar-refractivity contribution < 1.29 is 9.52 Å². The van der Waals surface area contributed by atoms with E-state index in [1.165, 1.54) is 24.2 Å². The van der Waals surface area contributed by atoms with Gasteiger partial charge in [0.1, 0.15) is 11.8 Å². The molecule has 4 heterocycles. The van der Waals surface area contributed by atoms with Gasteiger partial charge >= 0.3 is 0 Å². The van der Waals surface area contributed by atoms with Crippen molar-refractivity contribution in [2.75, 3.05) is 13.1 Å². The highest BCUT2D eigenvalue weighted by molar-refractivity contribution is 7.17.